The van der Waals surface area contributed by atoms with Crippen LogP contribution in [0.3, 0.4) is 0 Å². The number of nitrogens with two attached hydrogens (primary N) is 1. The van der Waals surface area contributed by atoms with Gasteiger partial charge in [-0.2, -0.15) is 5.10 Å². The molecule has 0 fully saturated rings. The van der Waals surface area contributed by atoms with Gasteiger partial charge in [-0.1, -0.05) is 6.07 Å². The van der Waals surface area contributed by atoms with Crippen LogP contribution in [0.1, 0.15) is 28.7 Å². The van der Waals surface area contributed by atoms with Gasteiger partial charge in [0.05, 0.1) is 5.69 Å². The Morgan fingerprint density at radius 1 is 1.40 bits per heavy atom. The van der Waals surface area contributed by atoms with E-state index >= 15 is 0 Å². The molecule has 1 aromatic carbocycles. The van der Waals surface area contributed by atoms with Crippen molar-refractivity contribution in [2.24, 2.45) is 0 Å². The van der Waals surface area contributed by atoms with Crippen molar-refractivity contribution in [2.75, 3.05) is 17.2 Å². The molecule has 104 valence electrons. The van der Waals surface area contributed by atoms with Gasteiger partial charge in [0, 0.05) is 24.5 Å². The van der Waals surface area contributed by atoms with Crippen molar-refractivity contribution < 1.29 is 4.79 Å². The molecule has 2 aromatic rings. The number of hydrogen-bond acceptors (Lipinski definition) is 3. The van der Waals surface area contributed by atoms with Crippen LogP contribution in [0.4, 0.5) is 11.4 Å². The molecule has 0 saturated carbocycles. The predicted octanol–water partition coefficient (Wildman–Crippen LogP) is 2.00. The summed E-state index contributed by atoms with van der Waals surface area (Å²) in [6.07, 6.45) is 0.876. The highest BCUT2D eigenvalue weighted by Gasteiger charge is 2.27. The van der Waals surface area contributed by atoms with Gasteiger partial charge in [-0.25, -0.2) is 0 Å². The first-order valence-electron chi connectivity index (χ1n) is 6.85. The Hall–Kier alpha value is -2.30. The minimum atomic E-state index is -0.00296. The monoisotopic (exact) mass is 270 g/mol. The van der Waals surface area contributed by atoms with Gasteiger partial charge in [-0.15, -0.1) is 0 Å². The normalized spacial score (nSPS) is 13.6. The number of carbonyl (C=O) groups is 1. The topological polar surface area (TPSA) is 64.2 Å². The molecule has 1 amide bonds. The number of nitrogen functional groups attached to an aromatic ring is 1. The fraction of sp³-hybridized carbons (Fsp3) is 0.333. The summed E-state index contributed by atoms with van der Waals surface area (Å²) in [7, 11) is 0. The lowest BCUT2D eigenvalue weighted by molar-refractivity contribution is 0.0979. The van der Waals surface area contributed by atoms with Crippen LogP contribution >= 0.6 is 0 Å². The van der Waals surface area contributed by atoms with Crippen molar-refractivity contribution in [1.29, 1.82) is 0 Å². The van der Waals surface area contributed by atoms with E-state index in [1.807, 2.05) is 38.1 Å². The van der Waals surface area contributed by atoms with Crippen molar-refractivity contribution in [2.45, 2.75) is 26.8 Å². The highest BCUT2D eigenvalue weighted by molar-refractivity contribution is 6.06. The second-order valence-corrected chi connectivity index (χ2v) is 5.08. The molecule has 0 unspecified atom stereocenters. The molecule has 0 radical (unpaired) electrons. The first-order valence-corrected chi connectivity index (χ1v) is 6.85. The lowest BCUT2D eigenvalue weighted by Crippen LogP contribution is -2.31. The Bertz CT molecular complexity index is 675. The van der Waals surface area contributed by atoms with Crippen LogP contribution in [0.15, 0.2) is 24.3 Å². The minimum Gasteiger partial charge on any atom is -0.399 e. The summed E-state index contributed by atoms with van der Waals surface area (Å²) in [6, 6.07) is 7.60. The van der Waals surface area contributed by atoms with Gasteiger partial charge in [0.25, 0.3) is 5.91 Å². The Morgan fingerprint density at radius 2 is 2.20 bits per heavy atom. The van der Waals surface area contributed by atoms with E-state index in [0.717, 1.165) is 17.8 Å². The fourth-order valence-corrected chi connectivity index (χ4v) is 2.70. The third kappa shape index (κ3) is 1.95. The third-order valence-corrected chi connectivity index (χ3v) is 3.67. The second kappa shape index (κ2) is 4.67. The van der Waals surface area contributed by atoms with Gasteiger partial charge in [-0.05, 0) is 44.0 Å². The van der Waals surface area contributed by atoms with E-state index in [1.165, 1.54) is 5.56 Å². The zero-order valence-corrected chi connectivity index (χ0v) is 11.8. The second-order valence-electron chi connectivity index (χ2n) is 5.08. The average Bonchev–Trinajstić information content (AvgIpc) is 3.00. The molecule has 3 rings (SSSR count). The summed E-state index contributed by atoms with van der Waals surface area (Å²) in [5.74, 6) is -0.00296. The maximum absolute atomic E-state index is 12.7. The van der Waals surface area contributed by atoms with E-state index in [2.05, 4.69) is 5.10 Å². The number of fused-ring (bicyclic) bond motifs is 1. The summed E-state index contributed by atoms with van der Waals surface area (Å²) >= 11 is 0. The quantitative estimate of drug-likeness (QED) is 0.849. The summed E-state index contributed by atoms with van der Waals surface area (Å²) < 4.78 is 1.75. The zero-order valence-electron chi connectivity index (χ0n) is 11.8. The number of amides is 1. The molecule has 5 heteroatoms. The summed E-state index contributed by atoms with van der Waals surface area (Å²) in [5, 5.41) is 4.34. The standard InChI is InChI=1S/C15H18N4O/c1-3-19-14(8-10(2)17-19)15(20)18-7-6-11-4-5-12(16)9-13(11)18/h4-5,8-9H,3,6-7,16H2,1-2H3. The lowest BCUT2D eigenvalue weighted by Gasteiger charge is -2.18. The van der Waals surface area contributed by atoms with E-state index in [1.54, 1.807) is 9.58 Å². The fourth-order valence-electron chi connectivity index (χ4n) is 2.70. The molecule has 20 heavy (non-hydrogen) atoms. The molecule has 0 bridgehead atoms. The number of aromatic nitrogens is 2. The number of benzene rings is 1. The Morgan fingerprint density at radius 3 is 2.95 bits per heavy atom. The van der Waals surface area contributed by atoms with Crippen LogP contribution in [0.2, 0.25) is 0 Å². The summed E-state index contributed by atoms with van der Waals surface area (Å²) in [6.45, 7) is 5.27. The molecule has 2 N–H and O–H groups in total. The summed E-state index contributed by atoms with van der Waals surface area (Å²) in [5.41, 5.74) is 10.1. The van der Waals surface area contributed by atoms with Crippen LogP contribution in [0.25, 0.3) is 0 Å². The van der Waals surface area contributed by atoms with Crippen molar-refractivity contribution in [3.63, 3.8) is 0 Å². The van der Waals surface area contributed by atoms with Gasteiger partial charge in [0.2, 0.25) is 0 Å². The first kappa shape index (κ1) is 12.7. The summed E-state index contributed by atoms with van der Waals surface area (Å²) in [4.78, 5) is 14.5. The van der Waals surface area contributed by atoms with Crippen LogP contribution in [-0.2, 0) is 13.0 Å². The number of rotatable bonds is 2. The van der Waals surface area contributed by atoms with Crippen molar-refractivity contribution in [3.05, 3.63) is 41.2 Å². The van der Waals surface area contributed by atoms with Crippen molar-refractivity contribution in [3.8, 4) is 0 Å². The van der Waals surface area contributed by atoms with Crippen LogP contribution < -0.4 is 10.6 Å². The molecule has 0 saturated heterocycles. The van der Waals surface area contributed by atoms with Gasteiger partial charge >= 0.3 is 0 Å². The van der Waals surface area contributed by atoms with Gasteiger partial charge in [-0.3, -0.25) is 9.48 Å². The molecular weight excluding hydrogens is 252 g/mol. The highest BCUT2D eigenvalue weighted by Crippen LogP contribution is 2.31. The molecule has 1 aromatic heterocycles. The number of anilines is 2. The maximum Gasteiger partial charge on any atom is 0.276 e. The molecular formula is C15H18N4O. The molecule has 1 aliphatic rings. The SMILES string of the molecule is CCn1nc(C)cc1C(=O)N1CCc2ccc(N)cc21. The molecule has 2 heterocycles. The number of carbonyl (C=O) groups excluding carboxylic acids is 1. The van der Waals surface area contributed by atoms with Crippen molar-refractivity contribution >= 4 is 17.3 Å². The number of nitrogens with zero attached hydrogens (tertiary/aromatic N) is 3. The Kier molecular flexibility index (Phi) is 2.97. The largest absolute Gasteiger partial charge is 0.399 e. The Balaban J connectivity index is 1.99. The first-order chi connectivity index (χ1) is 9.60. The molecule has 0 atom stereocenters. The molecule has 1 aliphatic heterocycles. The van der Waals surface area contributed by atoms with E-state index in [0.29, 0.717) is 24.5 Å². The van der Waals surface area contributed by atoms with Crippen LogP contribution in [-0.4, -0.2) is 22.2 Å². The van der Waals surface area contributed by atoms with E-state index in [-0.39, 0.29) is 5.91 Å². The van der Waals surface area contributed by atoms with E-state index < -0.39 is 0 Å². The molecule has 0 aliphatic carbocycles. The van der Waals surface area contributed by atoms with Crippen LogP contribution in [0.5, 0.6) is 0 Å². The van der Waals surface area contributed by atoms with Gasteiger partial charge in [0.15, 0.2) is 0 Å². The minimum absolute atomic E-state index is 0.00296. The smallest absolute Gasteiger partial charge is 0.276 e. The van der Waals surface area contributed by atoms with Crippen LogP contribution in [0, 0.1) is 6.92 Å². The number of aryl methyl sites for hydroxylation is 2. The van der Waals surface area contributed by atoms with E-state index in [9.17, 15) is 4.79 Å². The Labute approximate surface area is 118 Å². The predicted molar refractivity (Wildman–Crippen MR) is 78.9 cm³/mol. The third-order valence-electron chi connectivity index (χ3n) is 3.67. The average molecular weight is 270 g/mol. The van der Waals surface area contributed by atoms with E-state index in [4.69, 9.17) is 5.73 Å². The zero-order chi connectivity index (χ0) is 14.3. The lowest BCUT2D eigenvalue weighted by atomic mass is 10.1. The maximum atomic E-state index is 12.7. The van der Waals surface area contributed by atoms with Gasteiger partial charge < -0.3 is 10.6 Å². The van der Waals surface area contributed by atoms with Gasteiger partial charge in [0.1, 0.15) is 5.69 Å². The molecule has 5 nitrogen and oxygen atoms in total. The molecule has 0 spiro atoms. The number of hydrogen-bond donors (Lipinski definition) is 1. The van der Waals surface area contributed by atoms with Crippen molar-refractivity contribution in [1.82, 2.24) is 9.78 Å². The highest BCUT2D eigenvalue weighted by atomic mass is 16.2.